The first kappa shape index (κ1) is 13.8. The van der Waals surface area contributed by atoms with Gasteiger partial charge in [-0.1, -0.05) is 6.92 Å². The maximum absolute atomic E-state index is 5.70. The predicted molar refractivity (Wildman–Crippen MR) is 58.5 cm³/mol. The summed E-state index contributed by atoms with van der Waals surface area (Å²) in [5, 5.41) is 0. The molecule has 0 fully saturated rings. The minimum atomic E-state index is 0.445. The van der Waals surface area contributed by atoms with Crippen molar-refractivity contribution in [2.24, 2.45) is 5.73 Å². The van der Waals surface area contributed by atoms with Crippen LogP contribution in [0.4, 0.5) is 0 Å². The number of hydrogen-bond acceptors (Lipinski definition) is 4. The van der Waals surface area contributed by atoms with Crippen molar-refractivity contribution in [2.45, 2.75) is 19.4 Å². The molecule has 0 bridgehead atoms. The second-order valence-corrected chi connectivity index (χ2v) is 3.32. The van der Waals surface area contributed by atoms with Gasteiger partial charge in [0.15, 0.2) is 0 Å². The van der Waals surface area contributed by atoms with Crippen LogP contribution in [0.1, 0.15) is 13.3 Å². The summed E-state index contributed by atoms with van der Waals surface area (Å²) in [5.74, 6) is 0. The van der Waals surface area contributed by atoms with Gasteiger partial charge in [-0.25, -0.2) is 0 Å². The summed E-state index contributed by atoms with van der Waals surface area (Å²) in [4.78, 5) is 2.33. The predicted octanol–water partition coefficient (Wildman–Crippen LogP) is 0.319. The first-order valence-electron chi connectivity index (χ1n) is 5.22. The SMILES string of the molecule is CCC(CN)N(CCOC)CCOC. The standard InChI is InChI=1S/C10H24N2O2/c1-4-10(9-11)12(5-7-13-2)6-8-14-3/h10H,4-9,11H2,1-3H3. The second-order valence-electron chi connectivity index (χ2n) is 3.32. The van der Waals surface area contributed by atoms with Crippen LogP contribution in [0.3, 0.4) is 0 Å². The highest BCUT2D eigenvalue weighted by Crippen LogP contribution is 2.02. The molecule has 0 saturated heterocycles. The fraction of sp³-hybridized carbons (Fsp3) is 1.00. The molecule has 0 radical (unpaired) electrons. The third kappa shape index (κ3) is 5.54. The fourth-order valence-electron chi connectivity index (χ4n) is 1.47. The number of nitrogens with two attached hydrogens (primary N) is 1. The minimum Gasteiger partial charge on any atom is -0.383 e. The third-order valence-electron chi connectivity index (χ3n) is 2.42. The van der Waals surface area contributed by atoms with Crippen LogP contribution < -0.4 is 5.73 Å². The molecule has 4 heteroatoms. The lowest BCUT2D eigenvalue weighted by molar-refractivity contribution is 0.0879. The molecule has 4 nitrogen and oxygen atoms in total. The Morgan fingerprint density at radius 2 is 1.64 bits per heavy atom. The maximum Gasteiger partial charge on any atom is 0.0589 e. The van der Waals surface area contributed by atoms with Gasteiger partial charge in [-0.05, 0) is 6.42 Å². The molecule has 0 aromatic rings. The summed E-state index contributed by atoms with van der Waals surface area (Å²) >= 11 is 0. The summed E-state index contributed by atoms with van der Waals surface area (Å²) in [5.41, 5.74) is 5.70. The van der Waals surface area contributed by atoms with Gasteiger partial charge in [-0.2, -0.15) is 0 Å². The smallest absolute Gasteiger partial charge is 0.0589 e. The zero-order valence-corrected chi connectivity index (χ0v) is 9.66. The monoisotopic (exact) mass is 204 g/mol. The fourth-order valence-corrected chi connectivity index (χ4v) is 1.47. The van der Waals surface area contributed by atoms with Gasteiger partial charge in [-0.15, -0.1) is 0 Å². The number of ether oxygens (including phenoxy) is 2. The van der Waals surface area contributed by atoms with Gasteiger partial charge in [-0.3, -0.25) is 4.90 Å². The molecule has 0 spiro atoms. The van der Waals surface area contributed by atoms with Gasteiger partial charge in [0.2, 0.25) is 0 Å². The van der Waals surface area contributed by atoms with Crippen molar-refractivity contribution in [1.29, 1.82) is 0 Å². The van der Waals surface area contributed by atoms with E-state index in [9.17, 15) is 0 Å². The summed E-state index contributed by atoms with van der Waals surface area (Å²) in [6.07, 6.45) is 1.07. The van der Waals surface area contributed by atoms with E-state index in [1.54, 1.807) is 14.2 Å². The third-order valence-corrected chi connectivity index (χ3v) is 2.42. The molecule has 0 aliphatic heterocycles. The Labute approximate surface area is 87.4 Å². The van der Waals surface area contributed by atoms with Crippen LogP contribution in [0.15, 0.2) is 0 Å². The number of methoxy groups -OCH3 is 2. The summed E-state index contributed by atoms with van der Waals surface area (Å²) in [6.45, 7) is 6.21. The normalized spacial score (nSPS) is 13.5. The Morgan fingerprint density at radius 1 is 1.14 bits per heavy atom. The molecule has 0 rings (SSSR count). The Hall–Kier alpha value is -0.160. The Balaban J connectivity index is 3.92. The van der Waals surface area contributed by atoms with Gasteiger partial charge in [0.05, 0.1) is 13.2 Å². The van der Waals surface area contributed by atoms with E-state index in [1.165, 1.54) is 0 Å². The Kier molecular flexibility index (Phi) is 9.29. The molecule has 2 N–H and O–H groups in total. The van der Waals surface area contributed by atoms with Crippen molar-refractivity contribution < 1.29 is 9.47 Å². The molecule has 0 aromatic carbocycles. The summed E-state index contributed by atoms with van der Waals surface area (Å²) in [7, 11) is 3.44. The van der Waals surface area contributed by atoms with Crippen LogP contribution in [0.2, 0.25) is 0 Å². The number of rotatable bonds is 9. The van der Waals surface area contributed by atoms with E-state index >= 15 is 0 Å². The molecule has 0 saturated carbocycles. The van der Waals surface area contributed by atoms with E-state index in [-0.39, 0.29) is 0 Å². The van der Waals surface area contributed by atoms with E-state index in [1.807, 2.05) is 0 Å². The molecular formula is C10H24N2O2. The first-order valence-corrected chi connectivity index (χ1v) is 5.22. The number of hydrogen-bond donors (Lipinski definition) is 1. The zero-order valence-electron chi connectivity index (χ0n) is 9.66. The maximum atomic E-state index is 5.70. The van der Waals surface area contributed by atoms with Crippen LogP contribution in [-0.4, -0.2) is 58.0 Å². The number of nitrogens with zero attached hydrogens (tertiary/aromatic N) is 1. The van der Waals surface area contributed by atoms with E-state index in [2.05, 4.69) is 11.8 Å². The van der Waals surface area contributed by atoms with Crippen molar-refractivity contribution >= 4 is 0 Å². The van der Waals surface area contributed by atoms with Crippen molar-refractivity contribution in [2.75, 3.05) is 47.1 Å². The first-order chi connectivity index (χ1) is 6.79. The molecule has 0 aliphatic rings. The zero-order chi connectivity index (χ0) is 10.8. The quantitative estimate of drug-likeness (QED) is 0.587. The molecule has 0 aliphatic carbocycles. The van der Waals surface area contributed by atoms with Crippen LogP contribution in [0.5, 0.6) is 0 Å². The molecule has 1 unspecified atom stereocenters. The van der Waals surface area contributed by atoms with Crippen LogP contribution >= 0.6 is 0 Å². The Bertz CT molecular complexity index is 111. The van der Waals surface area contributed by atoms with Crippen molar-refractivity contribution in [3.8, 4) is 0 Å². The van der Waals surface area contributed by atoms with Gasteiger partial charge < -0.3 is 15.2 Å². The van der Waals surface area contributed by atoms with Crippen LogP contribution in [0.25, 0.3) is 0 Å². The molecule has 1 atom stereocenters. The van der Waals surface area contributed by atoms with Gasteiger partial charge >= 0.3 is 0 Å². The average Bonchev–Trinajstić information content (AvgIpc) is 2.22. The van der Waals surface area contributed by atoms with Gasteiger partial charge in [0, 0.05) is 39.9 Å². The second kappa shape index (κ2) is 9.40. The summed E-state index contributed by atoms with van der Waals surface area (Å²) in [6, 6.07) is 0.445. The largest absolute Gasteiger partial charge is 0.383 e. The van der Waals surface area contributed by atoms with E-state index in [0.29, 0.717) is 12.6 Å². The molecule has 86 valence electrons. The molecule has 14 heavy (non-hydrogen) atoms. The van der Waals surface area contributed by atoms with Crippen molar-refractivity contribution in [1.82, 2.24) is 4.90 Å². The highest BCUT2D eigenvalue weighted by atomic mass is 16.5. The van der Waals surface area contributed by atoms with Gasteiger partial charge in [0.25, 0.3) is 0 Å². The van der Waals surface area contributed by atoms with Gasteiger partial charge in [0.1, 0.15) is 0 Å². The molecule has 0 amide bonds. The minimum absolute atomic E-state index is 0.445. The lowest BCUT2D eigenvalue weighted by Crippen LogP contribution is -2.43. The highest BCUT2D eigenvalue weighted by Gasteiger charge is 2.14. The van der Waals surface area contributed by atoms with Crippen LogP contribution in [-0.2, 0) is 9.47 Å². The van der Waals surface area contributed by atoms with Crippen LogP contribution in [0, 0.1) is 0 Å². The van der Waals surface area contributed by atoms with E-state index in [4.69, 9.17) is 15.2 Å². The molecule has 0 aromatic heterocycles. The molecular weight excluding hydrogens is 180 g/mol. The molecule has 0 heterocycles. The topological polar surface area (TPSA) is 47.7 Å². The van der Waals surface area contributed by atoms with E-state index in [0.717, 1.165) is 32.7 Å². The van der Waals surface area contributed by atoms with Crippen molar-refractivity contribution in [3.05, 3.63) is 0 Å². The Morgan fingerprint density at radius 3 is 1.93 bits per heavy atom. The lowest BCUT2D eigenvalue weighted by atomic mass is 10.2. The van der Waals surface area contributed by atoms with Crippen molar-refractivity contribution in [3.63, 3.8) is 0 Å². The lowest BCUT2D eigenvalue weighted by Gasteiger charge is -2.29. The highest BCUT2D eigenvalue weighted by molar-refractivity contribution is 4.70. The van der Waals surface area contributed by atoms with E-state index < -0.39 is 0 Å². The summed E-state index contributed by atoms with van der Waals surface area (Å²) < 4.78 is 10.1. The average molecular weight is 204 g/mol.